The second-order valence-electron chi connectivity index (χ2n) is 5.35. The number of rotatable bonds is 7. The quantitative estimate of drug-likeness (QED) is 0.816. The Balaban J connectivity index is 1.97. The van der Waals surface area contributed by atoms with Crippen molar-refractivity contribution in [3.63, 3.8) is 0 Å². The standard InChI is InChI=1S/C19H21ClN2O3/c1-3-22(4-2)19(24)14-7-5-9-16(11-14)21-18(23)13-25-17-10-6-8-15(20)12-17/h5-12H,3-4,13H2,1-2H3,(H,21,23). The van der Waals surface area contributed by atoms with Crippen molar-refractivity contribution in [2.24, 2.45) is 0 Å². The maximum atomic E-state index is 12.4. The van der Waals surface area contributed by atoms with Crippen LogP contribution in [0.4, 0.5) is 5.69 Å². The number of ether oxygens (including phenoxy) is 1. The number of nitrogens with zero attached hydrogens (tertiary/aromatic N) is 1. The van der Waals surface area contributed by atoms with E-state index in [1.54, 1.807) is 53.4 Å². The molecule has 2 rings (SSSR count). The van der Waals surface area contributed by atoms with Gasteiger partial charge in [0.2, 0.25) is 0 Å². The fourth-order valence-electron chi connectivity index (χ4n) is 2.33. The van der Waals surface area contributed by atoms with Gasteiger partial charge in [0, 0.05) is 29.4 Å². The van der Waals surface area contributed by atoms with Crippen LogP contribution in [0.5, 0.6) is 5.75 Å². The summed E-state index contributed by atoms with van der Waals surface area (Å²) in [6.07, 6.45) is 0. The second-order valence-corrected chi connectivity index (χ2v) is 5.79. The van der Waals surface area contributed by atoms with Gasteiger partial charge in [-0.2, -0.15) is 0 Å². The van der Waals surface area contributed by atoms with Crippen molar-refractivity contribution in [3.8, 4) is 5.75 Å². The molecule has 0 radical (unpaired) electrons. The lowest BCUT2D eigenvalue weighted by Crippen LogP contribution is -2.30. The van der Waals surface area contributed by atoms with Crippen molar-refractivity contribution >= 4 is 29.1 Å². The number of halogens is 1. The molecule has 6 heteroatoms. The van der Waals surface area contributed by atoms with Gasteiger partial charge in [-0.15, -0.1) is 0 Å². The smallest absolute Gasteiger partial charge is 0.262 e. The van der Waals surface area contributed by atoms with Gasteiger partial charge in [0.15, 0.2) is 6.61 Å². The number of benzene rings is 2. The van der Waals surface area contributed by atoms with E-state index in [0.717, 1.165) is 0 Å². The monoisotopic (exact) mass is 360 g/mol. The van der Waals surface area contributed by atoms with E-state index in [1.807, 2.05) is 13.8 Å². The molecule has 132 valence electrons. The van der Waals surface area contributed by atoms with Gasteiger partial charge in [-0.3, -0.25) is 9.59 Å². The lowest BCUT2D eigenvalue weighted by atomic mass is 10.1. The number of carbonyl (C=O) groups excluding carboxylic acids is 2. The zero-order valence-electron chi connectivity index (χ0n) is 14.3. The summed E-state index contributed by atoms with van der Waals surface area (Å²) in [6, 6.07) is 13.7. The number of anilines is 1. The molecule has 0 atom stereocenters. The highest BCUT2D eigenvalue weighted by atomic mass is 35.5. The first-order chi connectivity index (χ1) is 12.0. The summed E-state index contributed by atoms with van der Waals surface area (Å²) in [5, 5.41) is 3.27. The van der Waals surface area contributed by atoms with E-state index in [9.17, 15) is 9.59 Å². The second kappa shape index (κ2) is 9.08. The van der Waals surface area contributed by atoms with Crippen LogP contribution in [0, 0.1) is 0 Å². The van der Waals surface area contributed by atoms with Crippen molar-refractivity contribution in [2.75, 3.05) is 25.0 Å². The molecular weight excluding hydrogens is 340 g/mol. The molecule has 25 heavy (non-hydrogen) atoms. The Hall–Kier alpha value is -2.53. The lowest BCUT2D eigenvalue weighted by Gasteiger charge is -2.19. The summed E-state index contributed by atoms with van der Waals surface area (Å²) in [7, 11) is 0. The van der Waals surface area contributed by atoms with Crippen LogP contribution in [-0.4, -0.2) is 36.4 Å². The molecule has 0 spiro atoms. The molecule has 0 aromatic heterocycles. The molecule has 2 amide bonds. The van der Waals surface area contributed by atoms with Gasteiger partial charge in [0.05, 0.1) is 0 Å². The van der Waals surface area contributed by atoms with E-state index in [2.05, 4.69) is 5.32 Å². The topological polar surface area (TPSA) is 58.6 Å². The first-order valence-corrected chi connectivity index (χ1v) is 8.48. The molecule has 0 saturated heterocycles. The first kappa shape index (κ1) is 18.8. The lowest BCUT2D eigenvalue weighted by molar-refractivity contribution is -0.118. The van der Waals surface area contributed by atoms with E-state index in [0.29, 0.717) is 35.1 Å². The third kappa shape index (κ3) is 5.50. The summed E-state index contributed by atoms with van der Waals surface area (Å²) in [5.41, 5.74) is 1.09. The largest absolute Gasteiger partial charge is 0.484 e. The van der Waals surface area contributed by atoms with E-state index < -0.39 is 0 Å². The van der Waals surface area contributed by atoms with E-state index in [4.69, 9.17) is 16.3 Å². The fraction of sp³-hybridized carbons (Fsp3) is 0.263. The Morgan fingerprint density at radius 1 is 1.08 bits per heavy atom. The van der Waals surface area contributed by atoms with Crippen LogP contribution in [0.15, 0.2) is 48.5 Å². The first-order valence-electron chi connectivity index (χ1n) is 8.11. The molecule has 0 heterocycles. The summed E-state index contributed by atoms with van der Waals surface area (Å²) < 4.78 is 5.40. The maximum absolute atomic E-state index is 12.4. The zero-order valence-corrected chi connectivity index (χ0v) is 15.0. The van der Waals surface area contributed by atoms with Crippen LogP contribution in [0.2, 0.25) is 5.02 Å². The Morgan fingerprint density at radius 3 is 2.48 bits per heavy atom. The number of carbonyl (C=O) groups is 2. The summed E-state index contributed by atoms with van der Waals surface area (Å²) in [5.74, 6) is 0.150. The average molecular weight is 361 g/mol. The molecule has 2 aromatic carbocycles. The van der Waals surface area contributed by atoms with Gasteiger partial charge in [0.25, 0.3) is 11.8 Å². The number of hydrogen-bond acceptors (Lipinski definition) is 3. The molecule has 0 aliphatic carbocycles. The Bertz CT molecular complexity index is 745. The van der Waals surface area contributed by atoms with Crippen LogP contribution in [0.25, 0.3) is 0 Å². The van der Waals surface area contributed by atoms with E-state index >= 15 is 0 Å². The van der Waals surface area contributed by atoms with Gasteiger partial charge in [-0.25, -0.2) is 0 Å². The number of nitrogens with one attached hydrogen (secondary N) is 1. The molecule has 0 saturated carbocycles. The van der Waals surface area contributed by atoms with Crippen molar-refractivity contribution in [1.82, 2.24) is 4.90 Å². The Kier molecular flexibility index (Phi) is 6.83. The van der Waals surface area contributed by atoms with E-state index in [-0.39, 0.29) is 18.4 Å². The number of hydrogen-bond donors (Lipinski definition) is 1. The molecule has 5 nitrogen and oxygen atoms in total. The zero-order chi connectivity index (χ0) is 18.2. The molecule has 0 aliphatic rings. The van der Waals surface area contributed by atoms with Gasteiger partial charge >= 0.3 is 0 Å². The highest BCUT2D eigenvalue weighted by molar-refractivity contribution is 6.30. The minimum absolute atomic E-state index is 0.0590. The van der Waals surface area contributed by atoms with Crippen LogP contribution in [0.1, 0.15) is 24.2 Å². The van der Waals surface area contributed by atoms with Crippen molar-refractivity contribution < 1.29 is 14.3 Å². The number of amides is 2. The minimum atomic E-state index is -0.313. The van der Waals surface area contributed by atoms with Gasteiger partial charge in [-0.1, -0.05) is 23.7 Å². The average Bonchev–Trinajstić information content (AvgIpc) is 2.61. The van der Waals surface area contributed by atoms with Crippen molar-refractivity contribution in [3.05, 3.63) is 59.1 Å². The third-order valence-corrected chi connectivity index (χ3v) is 3.85. The highest BCUT2D eigenvalue weighted by Crippen LogP contribution is 2.17. The Labute approximate surface area is 152 Å². The van der Waals surface area contributed by atoms with Crippen LogP contribution >= 0.6 is 11.6 Å². The molecule has 0 bridgehead atoms. The summed E-state index contributed by atoms with van der Waals surface area (Å²) in [6.45, 7) is 4.99. The van der Waals surface area contributed by atoms with Gasteiger partial charge in [0.1, 0.15) is 5.75 Å². The van der Waals surface area contributed by atoms with Crippen LogP contribution in [0.3, 0.4) is 0 Å². The van der Waals surface area contributed by atoms with Crippen molar-refractivity contribution in [2.45, 2.75) is 13.8 Å². The van der Waals surface area contributed by atoms with E-state index in [1.165, 1.54) is 0 Å². The van der Waals surface area contributed by atoms with Crippen LogP contribution in [-0.2, 0) is 4.79 Å². The molecule has 0 fully saturated rings. The Morgan fingerprint density at radius 2 is 1.80 bits per heavy atom. The molecule has 0 aliphatic heterocycles. The summed E-state index contributed by atoms with van der Waals surface area (Å²) >= 11 is 5.87. The van der Waals surface area contributed by atoms with Gasteiger partial charge in [-0.05, 0) is 50.2 Å². The summed E-state index contributed by atoms with van der Waals surface area (Å²) in [4.78, 5) is 26.1. The fourth-order valence-corrected chi connectivity index (χ4v) is 2.51. The SMILES string of the molecule is CCN(CC)C(=O)c1cccc(NC(=O)COc2cccc(Cl)c2)c1. The van der Waals surface area contributed by atoms with Gasteiger partial charge < -0.3 is 15.0 Å². The third-order valence-electron chi connectivity index (χ3n) is 3.61. The van der Waals surface area contributed by atoms with Crippen molar-refractivity contribution in [1.29, 1.82) is 0 Å². The highest BCUT2D eigenvalue weighted by Gasteiger charge is 2.13. The predicted molar refractivity (Wildman–Crippen MR) is 99.3 cm³/mol. The molecular formula is C19H21ClN2O3. The van der Waals surface area contributed by atoms with Crippen LogP contribution < -0.4 is 10.1 Å². The molecule has 2 aromatic rings. The normalized spacial score (nSPS) is 10.2. The predicted octanol–water partition coefficient (Wildman–Crippen LogP) is 3.84. The minimum Gasteiger partial charge on any atom is -0.484 e. The molecule has 1 N–H and O–H groups in total. The maximum Gasteiger partial charge on any atom is 0.262 e. The molecule has 0 unspecified atom stereocenters.